The third-order valence-corrected chi connectivity index (χ3v) is 3.56. The van der Waals surface area contributed by atoms with Crippen LogP contribution >= 0.6 is 0 Å². The van der Waals surface area contributed by atoms with E-state index in [0.717, 1.165) is 50.4 Å². The highest BCUT2D eigenvalue weighted by molar-refractivity contribution is 5.67. The van der Waals surface area contributed by atoms with Crippen molar-refractivity contribution in [1.29, 1.82) is 0 Å². The Labute approximate surface area is 125 Å². The van der Waals surface area contributed by atoms with Gasteiger partial charge in [-0.3, -0.25) is 9.88 Å². The number of aromatic nitrogens is 1. The molecule has 1 saturated heterocycles. The van der Waals surface area contributed by atoms with Gasteiger partial charge < -0.3 is 15.4 Å². The molecular weight excluding hydrogens is 268 g/mol. The Morgan fingerprint density at radius 3 is 3.19 bits per heavy atom. The van der Waals surface area contributed by atoms with E-state index in [4.69, 9.17) is 0 Å². The number of anilines is 1. The Morgan fingerprint density at radius 2 is 2.43 bits per heavy atom. The summed E-state index contributed by atoms with van der Waals surface area (Å²) in [7, 11) is 1.39. The lowest BCUT2D eigenvalue weighted by molar-refractivity contribution is 0.166. The molecule has 6 nitrogen and oxygen atoms in total. The van der Waals surface area contributed by atoms with E-state index >= 15 is 0 Å². The molecule has 0 radical (unpaired) electrons. The van der Waals surface area contributed by atoms with Crippen molar-refractivity contribution in [2.45, 2.75) is 32.4 Å². The number of likely N-dealkylation sites (tertiary alicyclic amines) is 1. The molecule has 2 N–H and O–H groups in total. The minimum Gasteiger partial charge on any atom is -0.453 e. The van der Waals surface area contributed by atoms with Crippen LogP contribution in [0.15, 0.2) is 18.3 Å². The number of methoxy groups -OCH3 is 1. The van der Waals surface area contributed by atoms with Crippen LogP contribution in [0.2, 0.25) is 0 Å². The molecule has 0 bridgehead atoms. The Bertz CT molecular complexity index is 467. The second-order valence-electron chi connectivity index (χ2n) is 5.32. The van der Waals surface area contributed by atoms with E-state index in [1.54, 1.807) is 0 Å². The maximum absolute atomic E-state index is 11.2. The lowest BCUT2D eigenvalue weighted by Gasteiger charge is -2.16. The minimum atomic E-state index is -0.356. The lowest BCUT2D eigenvalue weighted by Crippen LogP contribution is -2.36. The molecule has 2 heterocycles. The van der Waals surface area contributed by atoms with Gasteiger partial charge in [-0.1, -0.05) is 6.92 Å². The van der Waals surface area contributed by atoms with Crippen molar-refractivity contribution in [3.63, 3.8) is 0 Å². The molecule has 1 atom stereocenters. The molecule has 0 spiro atoms. The average molecular weight is 292 g/mol. The summed E-state index contributed by atoms with van der Waals surface area (Å²) in [5, 5.41) is 6.22. The van der Waals surface area contributed by atoms with Crippen LogP contribution in [0.5, 0.6) is 0 Å². The number of pyridine rings is 1. The molecular formula is C15H24N4O2. The first kappa shape index (κ1) is 15.6. The molecule has 1 unspecified atom stereocenters. The van der Waals surface area contributed by atoms with E-state index in [1.807, 2.05) is 12.3 Å². The van der Waals surface area contributed by atoms with Crippen molar-refractivity contribution in [3.05, 3.63) is 24.0 Å². The Kier molecular flexibility index (Phi) is 5.80. The van der Waals surface area contributed by atoms with E-state index in [0.29, 0.717) is 0 Å². The number of alkyl carbamates (subject to hydrolysis) is 1. The SMILES string of the molecule is CCCNc1ccnc(CN2CCC(NC(=O)OC)C2)c1. The Hall–Kier alpha value is -1.82. The van der Waals surface area contributed by atoms with E-state index in [1.165, 1.54) is 7.11 Å². The lowest BCUT2D eigenvalue weighted by atomic mass is 10.3. The summed E-state index contributed by atoms with van der Waals surface area (Å²) in [6.45, 7) is 5.72. The second-order valence-corrected chi connectivity index (χ2v) is 5.32. The number of carbonyl (C=O) groups excluding carboxylic acids is 1. The van der Waals surface area contributed by atoms with E-state index in [2.05, 4.69) is 38.2 Å². The summed E-state index contributed by atoms with van der Waals surface area (Å²) >= 11 is 0. The highest BCUT2D eigenvalue weighted by atomic mass is 16.5. The summed E-state index contributed by atoms with van der Waals surface area (Å²) in [6, 6.07) is 4.25. The third kappa shape index (κ3) is 4.90. The topological polar surface area (TPSA) is 66.5 Å². The molecule has 0 aromatic carbocycles. The first-order chi connectivity index (χ1) is 10.2. The maximum atomic E-state index is 11.2. The van der Waals surface area contributed by atoms with Gasteiger partial charge in [-0.25, -0.2) is 4.79 Å². The zero-order valence-corrected chi connectivity index (χ0v) is 12.8. The average Bonchev–Trinajstić information content (AvgIpc) is 2.92. The van der Waals surface area contributed by atoms with Gasteiger partial charge in [-0.05, 0) is 25.0 Å². The van der Waals surface area contributed by atoms with E-state index < -0.39 is 0 Å². The number of rotatable bonds is 6. The van der Waals surface area contributed by atoms with Crippen LogP contribution < -0.4 is 10.6 Å². The van der Waals surface area contributed by atoms with Crippen LogP contribution in [0.25, 0.3) is 0 Å². The predicted octanol–water partition coefficient (Wildman–Crippen LogP) is 1.83. The molecule has 6 heteroatoms. The van der Waals surface area contributed by atoms with E-state index in [9.17, 15) is 4.79 Å². The fraction of sp³-hybridized carbons (Fsp3) is 0.600. The van der Waals surface area contributed by atoms with Gasteiger partial charge in [0, 0.05) is 44.1 Å². The fourth-order valence-corrected chi connectivity index (χ4v) is 2.49. The number of hydrogen-bond donors (Lipinski definition) is 2. The molecule has 1 amide bonds. The standard InChI is InChI=1S/C15H24N4O2/c1-3-6-16-12-4-7-17-14(9-12)11-19-8-5-13(10-19)18-15(20)21-2/h4,7,9,13H,3,5-6,8,10-11H2,1-2H3,(H,16,17)(H,18,20). The maximum Gasteiger partial charge on any atom is 0.407 e. The zero-order valence-electron chi connectivity index (χ0n) is 12.8. The fourth-order valence-electron chi connectivity index (χ4n) is 2.49. The zero-order chi connectivity index (χ0) is 15.1. The normalized spacial score (nSPS) is 18.5. The molecule has 2 rings (SSSR count). The predicted molar refractivity (Wildman–Crippen MR) is 82.2 cm³/mol. The summed E-state index contributed by atoms with van der Waals surface area (Å²) in [6.07, 6.45) is 3.53. The molecule has 1 aromatic heterocycles. The largest absolute Gasteiger partial charge is 0.453 e. The number of carbonyl (C=O) groups is 1. The highest BCUT2D eigenvalue weighted by Gasteiger charge is 2.24. The first-order valence-electron chi connectivity index (χ1n) is 7.47. The molecule has 116 valence electrons. The summed E-state index contributed by atoms with van der Waals surface area (Å²) in [4.78, 5) is 17.9. The number of amides is 1. The number of nitrogens with zero attached hydrogens (tertiary/aromatic N) is 2. The van der Waals surface area contributed by atoms with Gasteiger partial charge in [-0.15, -0.1) is 0 Å². The van der Waals surface area contributed by atoms with Crippen LogP contribution in [0.4, 0.5) is 10.5 Å². The van der Waals surface area contributed by atoms with Crippen LogP contribution in [0.3, 0.4) is 0 Å². The number of ether oxygens (including phenoxy) is 1. The summed E-state index contributed by atoms with van der Waals surface area (Å²) < 4.78 is 4.63. The molecule has 1 fully saturated rings. The van der Waals surface area contributed by atoms with Gasteiger partial charge in [-0.2, -0.15) is 0 Å². The molecule has 1 aromatic rings. The van der Waals surface area contributed by atoms with Gasteiger partial charge in [0.15, 0.2) is 0 Å². The van der Waals surface area contributed by atoms with Crippen LogP contribution in [0, 0.1) is 0 Å². The first-order valence-corrected chi connectivity index (χ1v) is 7.47. The minimum absolute atomic E-state index is 0.166. The molecule has 1 aliphatic rings. The number of nitrogens with one attached hydrogen (secondary N) is 2. The smallest absolute Gasteiger partial charge is 0.407 e. The highest BCUT2D eigenvalue weighted by Crippen LogP contribution is 2.15. The van der Waals surface area contributed by atoms with Crippen molar-refractivity contribution >= 4 is 11.8 Å². The quantitative estimate of drug-likeness (QED) is 0.837. The van der Waals surface area contributed by atoms with Gasteiger partial charge in [0.1, 0.15) is 0 Å². The molecule has 21 heavy (non-hydrogen) atoms. The Balaban J connectivity index is 1.83. The van der Waals surface area contributed by atoms with Crippen LogP contribution in [-0.4, -0.2) is 48.8 Å². The summed E-state index contributed by atoms with van der Waals surface area (Å²) in [5.74, 6) is 0. The van der Waals surface area contributed by atoms with Crippen molar-refractivity contribution in [2.24, 2.45) is 0 Å². The van der Waals surface area contributed by atoms with Crippen LogP contribution in [-0.2, 0) is 11.3 Å². The third-order valence-electron chi connectivity index (χ3n) is 3.56. The van der Waals surface area contributed by atoms with Crippen LogP contribution in [0.1, 0.15) is 25.5 Å². The molecule has 0 aliphatic carbocycles. The van der Waals surface area contributed by atoms with Crippen molar-refractivity contribution < 1.29 is 9.53 Å². The Morgan fingerprint density at radius 1 is 1.57 bits per heavy atom. The van der Waals surface area contributed by atoms with E-state index in [-0.39, 0.29) is 12.1 Å². The van der Waals surface area contributed by atoms with Crippen molar-refractivity contribution in [1.82, 2.24) is 15.2 Å². The van der Waals surface area contributed by atoms with Crippen molar-refractivity contribution in [3.8, 4) is 0 Å². The van der Waals surface area contributed by atoms with Crippen molar-refractivity contribution in [2.75, 3.05) is 32.1 Å². The van der Waals surface area contributed by atoms with Gasteiger partial charge in [0.2, 0.25) is 0 Å². The van der Waals surface area contributed by atoms with Gasteiger partial charge >= 0.3 is 6.09 Å². The van der Waals surface area contributed by atoms with Gasteiger partial charge in [0.25, 0.3) is 0 Å². The summed E-state index contributed by atoms with van der Waals surface area (Å²) in [5.41, 5.74) is 2.17. The van der Waals surface area contributed by atoms with Gasteiger partial charge in [0.05, 0.1) is 12.8 Å². The molecule has 1 aliphatic heterocycles. The monoisotopic (exact) mass is 292 g/mol. The molecule has 0 saturated carbocycles. The second kappa shape index (κ2) is 7.83. The number of hydrogen-bond acceptors (Lipinski definition) is 5.